The van der Waals surface area contributed by atoms with Gasteiger partial charge in [-0.15, -0.1) is 11.3 Å². The molecule has 1 aromatic heterocycles. The van der Waals surface area contributed by atoms with Crippen LogP contribution in [0, 0.1) is 11.3 Å². The van der Waals surface area contributed by atoms with Crippen LogP contribution in [0.1, 0.15) is 70.1 Å². The van der Waals surface area contributed by atoms with Crippen molar-refractivity contribution in [1.29, 1.82) is 5.26 Å². The van der Waals surface area contributed by atoms with E-state index in [1.807, 2.05) is 59.0 Å². The maximum atomic E-state index is 12.1. The predicted molar refractivity (Wildman–Crippen MR) is 144 cm³/mol. The summed E-state index contributed by atoms with van der Waals surface area (Å²) in [6, 6.07) is 14.2. The lowest BCUT2D eigenvalue weighted by atomic mass is 9.81. The standard InChI is InChI=1S/C29H31N3O3S/c1-18(2)34-25-13-12-19(14-21(25)15-30)27-31-17-26(36-27)24-11-7-9-22-20(8-6-10-23(22)24)16-32-28(33)35-29(3,4)5/h7,9,11-14,16-18,20H,6,8,10H2,1-5H3/b32-16-. The molecule has 6 nitrogen and oxygen atoms in total. The van der Waals surface area contributed by atoms with Crippen molar-refractivity contribution in [3.8, 4) is 32.8 Å². The third-order valence-corrected chi connectivity index (χ3v) is 6.87. The Morgan fingerprint density at radius 3 is 2.81 bits per heavy atom. The average molecular weight is 502 g/mol. The van der Waals surface area contributed by atoms with Crippen LogP contribution in [0.25, 0.3) is 21.0 Å². The number of carbonyl (C=O) groups is 1. The molecule has 0 saturated heterocycles. The second-order valence-electron chi connectivity index (χ2n) is 10.1. The monoisotopic (exact) mass is 501 g/mol. The summed E-state index contributed by atoms with van der Waals surface area (Å²) in [4.78, 5) is 21.9. The van der Waals surface area contributed by atoms with Gasteiger partial charge in [0, 0.05) is 23.9 Å². The van der Waals surface area contributed by atoms with Crippen molar-refractivity contribution >= 4 is 23.6 Å². The van der Waals surface area contributed by atoms with Gasteiger partial charge < -0.3 is 9.47 Å². The van der Waals surface area contributed by atoms with E-state index < -0.39 is 11.7 Å². The summed E-state index contributed by atoms with van der Waals surface area (Å²) in [7, 11) is 0. The first kappa shape index (κ1) is 25.6. The molecular formula is C29H31N3O3S. The minimum atomic E-state index is -0.564. The van der Waals surface area contributed by atoms with Crippen molar-refractivity contribution in [1.82, 2.24) is 4.98 Å². The molecule has 1 atom stereocenters. The summed E-state index contributed by atoms with van der Waals surface area (Å²) in [6.45, 7) is 9.38. The van der Waals surface area contributed by atoms with E-state index in [0.29, 0.717) is 11.3 Å². The fourth-order valence-corrected chi connectivity index (χ4v) is 5.31. The molecule has 1 aliphatic carbocycles. The Bertz CT molecular complexity index is 1330. The lowest BCUT2D eigenvalue weighted by Gasteiger charge is -2.24. The summed E-state index contributed by atoms with van der Waals surface area (Å²) in [5, 5.41) is 10.4. The van der Waals surface area contributed by atoms with Crippen molar-refractivity contribution in [2.75, 3.05) is 0 Å². The summed E-state index contributed by atoms with van der Waals surface area (Å²) in [6.07, 6.45) is 6.00. The molecule has 7 heteroatoms. The predicted octanol–water partition coefficient (Wildman–Crippen LogP) is 7.56. The molecule has 0 fully saturated rings. The molecule has 186 valence electrons. The highest BCUT2D eigenvalue weighted by atomic mass is 32.1. The Morgan fingerprint density at radius 1 is 1.28 bits per heavy atom. The fraction of sp³-hybridized carbons (Fsp3) is 0.379. The molecule has 1 aliphatic rings. The van der Waals surface area contributed by atoms with Crippen LogP contribution in [-0.2, 0) is 11.2 Å². The highest BCUT2D eigenvalue weighted by molar-refractivity contribution is 7.18. The first-order valence-electron chi connectivity index (χ1n) is 12.2. The number of aromatic nitrogens is 1. The van der Waals surface area contributed by atoms with Gasteiger partial charge in [-0.25, -0.2) is 9.78 Å². The molecule has 4 rings (SSSR count). The summed E-state index contributed by atoms with van der Waals surface area (Å²) < 4.78 is 11.1. The van der Waals surface area contributed by atoms with Crippen molar-refractivity contribution in [3.05, 3.63) is 59.3 Å². The lowest BCUT2D eigenvalue weighted by Crippen LogP contribution is -2.22. The molecule has 36 heavy (non-hydrogen) atoms. The van der Waals surface area contributed by atoms with Crippen LogP contribution >= 0.6 is 11.3 Å². The normalized spacial score (nSPS) is 15.5. The largest absolute Gasteiger partial charge is 0.490 e. The number of nitriles is 1. The van der Waals surface area contributed by atoms with Gasteiger partial charge in [0.05, 0.1) is 16.5 Å². The number of hydrogen-bond acceptors (Lipinski definition) is 6. The fourth-order valence-electron chi connectivity index (χ4n) is 4.35. The Kier molecular flexibility index (Phi) is 7.56. The Hall–Kier alpha value is -3.50. The van der Waals surface area contributed by atoms with Gasteiger partial charge in [0.2, 0.25) is 0 Å². The van der Waals surface area contributed by atoms with E-state index in [9.17, 15) is 10.1 Å². The molecule has 0 aliphatic heterocycles. The van der Waals surface area contributed by atoms with Gasteiger partial charge >= 0.3 is 6.09 Å². The van der Waals surface area contributed by atoms with Crippen LogP contribution in [0.15, 0.2) is 47.6 Å². The summed E-state index contributed by atoms with van der Waals surface area (Å²) in [5.74, 6) is 0.657. The van der Waals surface area contributed by atoms with E-state index in [1.165, 1.54) is 11.1 Å². The van der Waals surface area contributed by atoms with Crippen molar-refractivity contribution in [3.63, 3.8) is 0 Å². The SMILES string of the molecule is CC(C)Oc1ccc(-c2ncc(-c3cccc4c3CCCC4/C=N\C(=O)OC(C)(C)C)s2)cc1C#N. The summed E-state index contributed by atoms with van der Waals surface area (Å²) in [5.41, 5.74) is 4.46. The van der Waals surface area contributed by atoms with E-state index in [0.717, 1.165) is 40.3 Å². The minimum Gasteiger partial charge on any atom is -0.490 e. The number of aliphatic imine (C=N–C) groups is 1. The average Bonchev–Trinajstić information content (AvgIpc) is 3.31. The van der Waals surface area contributed by atoms with Crippen molar-refractivity contribution < 1.29 is 14.3 Å². The van der Waals surface area contributed by atoms with Gasteiger partial charge in [0.15, 0.2) is 0 Å². The van der Waals surface area contributed by atoms with E-state index >= 15 is 0 Å². The molecule has 0 spiro atoms. The number of amides is 1. The topological polar surface area (TPSA) is 84.6 Å². The van der Waals surface area contributed by atoms with Crippen LogP contribution in [0.2, 0.25) is 0 Å². The first-order valence-corrected chi connectivity index (χ1v) is 13.0. The number of fused-ring (bicyclic) bond motifs is 1. The van der Waals surface area contributed by atoms with Gasteiger partial charge in [0.1, 0.15) is 22.4 Å². The number of rotatable bonds is 5. The Morgan fingerprint density at radius 2 is 2.08 bits per heavy atom. The van der Waals surface area contributed by atoms with Gasteiger partial charge in [-0.3, -0.25) is 0 Å². The first-order chi connectivity index (χ1) is 17.1. The van der Waals surface area contributed by atoms with Crippen LogP contribution < -0.4 is 4.74 Å². The summed E-state index contributed by atoms with van der Waals surface area (Å²) >= 11 is 1.61. The van der Waals surface area contributed by atoms with Gasteiger partial charge in [-0.2, -0.15) is 10.3 Å². The third kappa shape index (κ3) is 6.00. The van der Waals surface area contributed by atoms with E-state index in [2.05, 4.69) is 34.2 Å². The number of thiazole rings is 1. The lowest BCUT2D eigenvalue weighted by molar-refractivity contribution is 0.0604. The Balaban J connectivity index is 1.61. The number of carbonyl (C=O) groups excluding carboxylic acids is 1. The van der Waals surface area contributed by atoms with Crippen LogP contribution in [-0.4, -0.2) is 29.0 Å². The van der Waals surface area contributed by atoms with Crippen LogP contribution in [0.5, 0.6) is 5.75 Å². The van der Waals surface area contributed by atoms with E-state index in [4.69, 9.17) is 9.47 Å². The Labute approximate surface area is 216 Å². The zero-order valence-corrected chi connectivity index (χ0v) is 22.2. The smallest absolute Gasteiger partial charge is 0.433 e. The van der Waals surface area contributed by atoms with Gasteiger partial charge in [-0.05, 0) is 88.8 Å². The molecule has 1 unspecified atom stereocenters. The zero-order valence-electron chi connectivity index (χ0n) is 21.4. The van der Waals surface area contributed by atoms with Crippen LogP contribution in [0.4, 0.5) is 4.79 Å². The van der Waals surface area contributed by atoms with E-state index in [1.54, 1.807) is 17.6 Å². The molecule has 1 amide bonds. The number of nitrogens with zero attached hydrogens (tertiary/aromatic N) is 3. The second-order valence-corrected chi connectivity index (χ2v) is 11.2. The highest BCUT2D eigenvalue weighted by Crippen LogP contribution is 2.40. The second kappa shape index (κ2) is 10.6. The third-order valence-electron chi connectivity index (χ3n) is 5.79. The molecule has 0 bridgehead atoms. The van der Waals surface area contributed by atoms with Crippen LogP contribution in [0.3, 0.4) is 0 Å². The van der Waals surface area contributed by atoms with Crippen molar-refractivity contribution in [2.24, 2.45) is 4.99 Å². The van der Waals surface area contributed by atoms with Gasteiger partial charge in [-0.1, -0.05) is 18.2 Å². The molecule has 1 heterocycles. The van der Waals surface area contributed by atoms with E-state index in [-0.39, 0.29) is 12.0 Å². The molecule has 0 N–H and O–H groups in total. The maximum Gasteiger partial charge on any atom is 0.433 e. The minimum absolute atomic E-state index is 0.00307. The van der Waals surface area contributed by atoms with Gasteiger partial charge in [0.25, 0.3) is 0 Å². The highest BCUT2D eigenvalue weighted by Gasteiger charge is 2.23. The number of hydrogen-bond donors (Lipinski definition) is 0. The van der Waals surface area contributed by atoms with Crippen molar-refractivity contribution in [2.45, 2.75) is 71.5 Å². The number of ether oxygens (including phenoxy) is 2. The quantitative estimate of drug-likeness (QED) is 0.337. The maximum absolute atomic E-state index is 12.1. The number of benzene rings is 2. The zero-order chi connectivity index (χ0) is 25.9. The molecule has 3 aromatic rings. The molecule has 2 aromatic carbocycles. The molecule has 0 saturated carbocycles. The molecule has 0 radical (unpaired) electrons. The molecular weight excluding hydrogens is 470 g/mol.